The van der Waals surface area contributed by atoms with Crippen molar-refractivity contribution in [2.75, 3.05) is 13.2 Å². The fraction of sp³-hybridized carbons (Fsp3) is 0.889. The zero-order valence-electron chi connectivity index (χ0n) is 7.99. The smallest absolute Gasteiger partial charge is 0.302 e. The first-order valence-corrected chi connectivity index (χ1v) is 4.42. The highest BCUT2D eigenvalue weighted by molar-refractivity contribution is 5.65. The van der Waals surface area contributed by atoms with E-state index in [9.17, 15) is 9.90 Å². The van der Waals surface area contributed by atoms with Crippen LogP contribution in [-0.2, 0) is 9.53 Å². The topological polar surface area (TPSA) is 66.8 Å². The van der Waals surface area contributed by atoms with Crippen LogP contribution in [0.5, 0.6) is 0 Å². The molecule has 1 saturated carbocycles. The second-order valence-electron chi connectivity index (χ2n) is 3.99. The van der Waals surface area contributed by atoms with Gasteiger partial charge in [-0.3, -0.25) is 4.79 Å². The second kappa shape index (κ2) is 3.64. The van der Waals surface area contributed by atoms with Gasteiger partial charge >= 0.3 is 5.97 Å². The lowest BCUT2D eigenvalue weighted by atomic mass is 10.1. The Morgan fingerprint density at radius 1 is 1.77 bits per heavy atom. The van der Waals surface area contributed by atoms with Gasteiger partial charge in [0.15, 0.2) is 0 Å². The SMILES string of the molecule is CC(=O)OCC1(C)CC1C(O)CO. The number of hydrogen-bond acceptors (Lipinski definition) is 4. The molecule has 1 aliphatic carbocycles. The van der Waals surface area contributed by atoms with Gasteiger partial charge < -0.3 is 14.9 Å². The lowest BCUT2D eigenvalue weighted by Gasteiger charge is -2.13. The standard InChI is InChI=1S/C9H16O4/c1-6(11)13-5-9(2)3-7(9)8(12)4-10/h7-8,10,12H,3-5H2,1-2H3. The van der Waals surface area contributed by atoms with Crippen LogP contribution in [0.3, 0.4) is 0 Å². The number of aliphatic hydroxyl groups excluding tert-OH is 2. The van der Waals surface area contributed by atoms with E-state index in [0.717, 1.165) is 6.42 Å². The molecule has 3 unspecified atom stereocenters. The van der Waals surface area contributed by atoms with Crippen molar-refractivity contribution in [3.8, 4) is 0 Å². The molecule has 0 aromatic carbocycles. The molecule has 13 heavy (non-hydrogen) atoms. The van der Waals surface area contributed by atoms with Crippen LogP contribution >= 0.6 is 0 Å². The van der Waals surface area contributed by atoms with Crippen molar-refractivity contribution in [3.63, 3.8) is 0 Å². The Hall–Kier alpha value is -0.610. The van der Waals surface area contributed by atoms with Crippen molar-refractivity contribution >= 4 is 5.97 Å². The maximum absolute atomic E-state index is 10.5. The highest BCUT2D eigenvalue weighted by atomic mass is 16.5. The normalized spacial score (nSPS) is 34.0. The van der Waals surface area contributed by atoms with Gasteiger partial charge in [-0.05, 0) is 12.3 Å². The summed E-state index contributed by atoms with van der Waals surface area (Å²) in [7, 11) is 0. The number of ether oxygens (including phenoxy) is 1. The van der Waals surface area contributed by atoms with Crippen LogP contribution in [0.25, 0.3) is 0 Å². The van der Waals surface area contributed by atoms with Crippen molar-refractivity contribution in [1.82, 2.24) is 0 Å². The Morgan fingerprint density at radius 3 is 2.85 bits per heavy atom. The number of carbonyl (C=O) groups excluding carboxylic acids is 1. The summed E-state index contributed by atoms with van der Waals surface area (Å²) in [5, 5.41) is 18.0. The number of aliphatic hydroxyl groups is 2. The molecule has 0 saturated heterocycles. The summed E-state index contributed by atoms with van der Waals surface area (Å²) in [6.45, 7) is 3.42. The predicted molar refractivity (Wildman–Crippen MR) is 45.9 cm³/mol. The Kier molecular flexibility index (Phi) is 2.93. The van der Waals surface area contributed by atoms with Gasteiger partial charge in [0.05, 0.1) is 19.3 Å². The molecule has 4 heteroatoms. The highest BCUT2D eigenvalue weighted by Gasteiger charge is 2.54. The van der Waals surface area contributed by atoms with E-state index in [4.69, 9.17) is 9.84 Å². The molecule has 0 aromatic heterocycles. The lowest BCUT2D eigenvalue weighted by Crippen LogP contribution is -2.21. The van der Waals surface area contributed by atoms with E-state index in [2.05, 4.69) is 0 Å². The maximum Gasteiger partial charge on any atom is 0.302 e. The summed E-state index contributed by atoms with van der Waals surface area (Å²) < 4.78 is 4.86. The van der Waals surface area contributed by atoms with Gasteiger partial charge in [0, 0.05) is 12.3 Å². The number of esters is 1. The van der Waals surface area contributed by atoms with Crippen molar-refractivity contribution < 1.29 is 19.7 Å². The maximum atomic E-state index is 10.5. The molecule has 0 spiro atoms. The van der Waals surface area contributed by atoms with E-state index in [-0.39, 0.29) is 23.9 Å². The van der Waals surface area contributed by atoms with Crippen molar-refractivity contribution in [1.29, 1.82) is 0 Å². The molecule has 0 bridgehead atoms. The van der Waals surface area contributed by atoms with Crippen molar-refractivity contribution in [2.24, 2.45) is 11.3 Å². The lowest BCUT2D eigenvalue weighted by molar-refractivity contribution is -0.143. The molecular weight excluding hydrogens is 172 g/mol. The molecule has 1 rings (SSSR count). The number of rotatable bonds is 4. The summed E-state index contributed by atoms with van der Waals surface area (Å²) in [6, 6.07) is 0. The fourth-order valence-corrected chi connectivity index (χ4v) is 1.60. The van der Waals surface area contributed by atoms with E-state index < -0.39 is 6.10 Å². The van der Waals surface area contributed by atoms with Crippen LogP contribution in [0.2, 0.25) is 0 Å². The predicted octanol–water partition coefficient (Wildman–Crippen LogP) is -0.0711. The summed E-state index contributed by atoms with van der Waals surface area (Å²) in [4.78, 5) is 10.5. The molecule has 0 aliphatic heterocycles. The molecule has 1 aliphatic rings. The van der Waals surface area contributed by atoms with Crippen LogP contribution in [0.15, 0.2) is 0 Å². The average Bonchev–Trinajstić information content (AvgIpc) is 2.74. The number of carbonyl (C=O) groups is 1. The summed E-state index contributed by atoms with van der Waals surface area (Å²) in [5.41, 5.74) is -0.131. The first-order valence-electron chi connectivity index (χ1n) is 4.42. The van der Waals surface area contributed by atoms with Crippen LogP contribution in [0.1, 0.15) is 20.3 Å². The molecule has 76 valence electrons. The Bertz CT molecular complexity index is 204. The van der Waals surface area contributed by atoms with Crippen molar-refractivity contribution in [2.45, 2.75) is 26.4 Å². The quantitative estimate of drug-likeness (QED) is 0.606. The molecule has 4 nitrogen and oxygen atoms in total. The zero-order chi connectivity index (χ0) is 10.1. The fourth-order valence-electron chi connectivity index (χ4n) is 1.60. The molecular formula is C9H16O4. The molecule has 2 N–H and O–H groups in total. The van der Waals surface area contributed by atoms with Gasteiger partial charge in [-0.1, -0.05) is 6.92 Å². The van der Waals surface area contributed by atoms with Crippen molar-refractivity contribution in [3.05, 3.63) is 0 Å². The first kappa shape index (κ1) is 10.5. The first-order chi connectivity index (χ1) is 5.99. The van der Waals surface area contributed by atoms with E-state index in [1.807, 2.05) is 6.92 Å². The molecule has 0 radical (unpaired) electrons. The Balaban J connectivity index is 2.32. The zero-order valence-corrected chi connectivity index (χ0v) is 7.99. The molecule has 0 heterocycles. The van der Waals surface area contributed by atoms with Gasteiger partial charge in [0.25, 0.3) is 0 Å². The Morgan fingerprint density at radius 2 is 2.38 bits per heavy atom. The molecule has 1 fully saturated rings. The highest BCUT2D eigenvalue weighted by Crippen LogP contribution is 2.54. The monoisotopic (exact) mass is 188 g/mol. The van der Waals surface area contributed by atoms with Gasteiger partial charge in [0.2, 0.25) is 0 Å². The largest absolute Gasteiger partial charge is 0.465 e. The van der Waals surface area contributed by atoms with Gasteiger partial charge in [0.1, 0.15) is 0 Å². The Labute approximate surface area is 77.5 Å². The van der Waals surface area contributed by atoms with Crippen LogP contribution < -0.4 is 0 Å². The molecule has 0 aromatic rings. The van der Waals surface area contributed by atoms with Gasteiger partial charge in [-0.15, -0.1) is 0 Å². The van der Waals surface area contributed by atoms with E-state index in [1.165, 1.54) is 6.92 Å². The second-order valence-corrected chi connectivity index (χ2v) is 3.99. The van der Waals surface area contributed by atoms with Gasteiger partial charge in [-0.2, -0.15) is 0 Å². The van der Waals surface area contributed by atoms with Crippen LogP contribution in [-0.4, -0.2) is 35.5 Å². The minimum atomic E-state index is -0.680. The third kappa shape index (κ3) is 2.42. The van der Waals surface area contributed by atoms with E-state index in [0.29, 0.717) is 6.61 Å². The summed E-state index contributed by atoms with van der Waals surface area (Å²) in [6.07, 6.45) is 0.128. The van der Waals surface area contributed by atoms with Crippen LogP contribution in [0, 0.1) is 11.3 Å². The third-order valence-corrected chi connectivity index (χ3v) is 2.68. The summed E-state index contributed by atoms with van der Waals surface area (Å²) in [5.74, 6) is -0.234. The molecule has 3 atom stereocenters. The number of hydrogen-bond donors (Lipinski definition) is 2. The van der Waals surface area contributed by atoms with E-state index in [1.54, 1.807) is 0 Å². The van der Waals surface area contributed by atoms with Crippen LogP contribution in [0.4, 0.5) is 0 Å². The average molecular weight is 188 g/mol. The molecule has 0 amide bonds. The minimum absolute atomic E-state index is 0.0665. The minimum Gasteiger partial charge on any atom is -0.465 e. The van der Waals surface area contributed by atoms with Gasteiger partial charge in [-0.25, -0.2) is 0 Å². The third-order valence-electron chi connectivity index (χ3n) is 2.68. The summed E-state index contributed by atoms with van der Waals surface area (Å²) >= 11 is 0. The van der Waals surface area contributed by atoms with E-state index >= 15 is 0 Å².